The lowest BCUT2D eigenvalue weighted by Gasteiger charge is -2.19. The molecule has 2 amide bonds. The van der Waals surface area contributed by atoms with Crippen molar-refractivity contribution in [2.24, 2.45) is 11.8 Å². The molecule has 0 spiro atoms. The maximum Gasteiger partial charge on any atom is 0.307 e. The van der Waals surface area contributed by atoms with Crippen LogP contribution >= 0.6 is 0 Å². The van der Waals surface area contributed by atoms with Crippen molar-refractivity contribution in [1.29, 1.82) is 0 Å². The maximum absolute atomic E-state index is 12.3. The first kappa shape index (κ1) is 39.2. The molecule has 0 bridgehead atoms. The lowest BCUT2D eigenvalue weighted by molar-refractivity contribution is -0.144. The zero-order chi connectivity index (χ0) is 31.8. The Labute approximate surface area is 251 Å². The molecule has 242 valence electrons. The monoisotopic (exact) mass is 598 g/mol. The SMILES string of the molecule is CCC/C=C/CC(CC(=O)NC(C)COCCOC(C)COCC(C)NC(=O)CC(C/C=C/CCC)C(=O)O)C(=O)O. The highest BCUT2D eigenvalue weighted by molar-refractivity contribution is 5.83. The van der Waals surface area contributed by atoms with Gasteiger partial charge in [0.1, 0.15) is 0 Å². The summed E-state index contributed by atoms with van der Waals surface area (Å²) in [6.07, 6.45) is 11.5. The topological polar surface area (TPSA) is 160 Å². The highest BCUT2D eigenvalue weighted by atomic mass is 16.5. The number of allylic oxidation sites excluding steroid dienone is 4. The van der Waals surface area contributed by atoms with Gasteiger partial charge in [0.15, 0.2) is 0 Å². The second-order valence-electron chi connectivity index (χ2n) is 10.7. The van der Waals surface area contributed by atoms with Crippen molar-refractivity contribution in [1.82, 2.24) is 10.6 Å². The Morgan fingerprint density at radius 1 is 0.667 bits per heavy atom. The third kappa shape index (κ3) is 21.9. The summed E-state index contributed by atoms with van der Waals surface area (Å²) in [6, 6.07) is -0.554. The van der Waals surface area contributed by atoms with E-state index in [1.165, 1.54) is 0 Å². The lowest BCUT2D eigenvalue weighted by atomic mass is 10.0. The van der Waals surface area contributed by atoms with Gasteiger partial charge in [0, 0.05) is 24.9 Å². The first-order valence-corrected chi connectivity index (χ1v) is 15.1. The molecule has 11 heteroatoms. The van der Waals surface area contributed by atoms with Crippen molar-refractivity contribution in [3.63, 3.8) is 0 Å². The number of rotatable bonds is 26. The van der Waals surface area contributed by atoms with Crippen LogP contribution in [0.15, 0.2) is 24.3 Å². The van der Waals surface area contributed by atoms with Gasteiger partial charge in [-0.3, -0.25) is 19.2 Å². The largest absolute Gasteiger partial charge is 0.481 e. The maximum atomic E-state index is 12.3. The summed E-state index contributed by atoms with van der Waals surface area (Å²) in [5.74, 6) is -4.13. The van der Waals surface area contributed by atoms with Gasteiger partial charge in [0.25, 0.3) is 0 Å². The highest BCUT2D eigenvalue weighted by Gasteiger charge is 2.22. The smallest absolute Gasteiger partial charge is 0.307 e. The standard InChI is InChI=1S/C31H54N2O9/c1-6-8-10-12-14-26(30(36)37)18-28(34)32-23(3)20-40-16-17-42-25(5)22-41-21-24(4)33-29(35)19-27(31(38)39)15-13-11-9-7-2/h10-13,23-27H,6-9,14-22H2,1-5H3,(H,32,34)(H,33,35)(H,36,37)(H,38,39)/b12-10+,13-11+. The van der Waals surface area contributed by atoms with Crippen LogP contribution in [0.5, 0.6) is 0 Å². The van der Waals surface area contributed by atoms with Gasteiger partial charge in [-0.05, 0) is 46.5 Å². The third-order valence-corrected chi connectivity index (χ3v) is 6.18. The van der Waals surface area contributed by atoms with E-state index in [0.29, 0.717) is 32.7 Å². The summed E-state index contributed by atoms with van der Waals surface area (Å²) in [4.78, 5) is 47.4. The van der Waals surface area contributed by atoms with Gasteiger partial charge >= 0.3 is 11.9 Å². The summed E-state index contributed by atoms with van der Waals surface area (Å²) >= 11 is 0. The van der Waals surface area contributed by atoms with Gasteiger partial charge in [0.05, 0.1) is 51.0 Å². The zero-order valence-corrected chi connectivity index (χ0v) is 26.1. The summed E-state index contributed by atoms with van der Waals surface area (Å²) in [6.45, 7) is 11.0. The van der Waals surface area contributed by atoms with Gasteiger partial charge in [-0.25, -0.2) is 0 Å². The van der Waals surface area contributed by atoms with Crippen molar-refractivity contribution in [3.8, 4) is 0 Å². The molecule has 5 unspecified atom stereocenters. The Kier molecular flexibility index (Phi) is 23.2. The van der Waals surface area contributed by atoms with Crippen LogP contribution in [0, 0.1) is 11.8 Å². The van der Waals surface area contributed by atoms with E-state index in [4.69, 9.17) is 14.2 Å². The number of aliphatic carboxylic acids is 2. The number of unbranched alkanes of at least 4 members (excludes halogenated alkanes) is 2. The van der Waals surface area contributed by atoms with Crippen LogP contribution < -0.4 is 10.6 Å². The fourth-order valence-corrected chi connectivity index (χ4v) is 3.86. The Balaban J connectivity index is 4.09. The number of carbonyl (C=O) groups excluding carboxylic acids is 2. The van der Waals surface area contributed by atoms with E-state index >= 15 is 0 Å². The summed E-state index contributed by atoms with van der Waals surface area (Å²) in [5.41, 5.74) is 0. The van der Waals surface area contributed by atoms with E-state index in [-0.39, 0.29) is 56.1 Å². The number of hydrogen-bond donors (Lipinski definition) is 4. The summed E-state index contributed by atoms with van der Waals surface area (Å²) < 4.78 is 16.9. The van der Waals surface area contributed by atoms with E-state index in [1.54, 1.807) is 13.8 Å². The van der Waals surface area contributed by atoms with Gasteiger partial charge < -0.3 is 35.1 Å². The lowest BCUT2D eigenvalue weighted by Crippen LogP contribution is -2.38. The number of ether oxygens (including phenoxy) is 3. The van der Waals surface area contributed by atoms with Gasteiger partial charge in [-0.2, -0.15) is 0 Å². The first-order valence-electron chi connectivity index (χ1n) is 15.1. The predicted octanol–water partition coefficient (Wildman–Crippen LogP) is 4.11. The molecule has 0 saturated heterocycles. The number of carbonyl (C=O) groups is 4. The van der Waals surface area contributed by atoms with Gasteiger partial charge in [-0.1, -0.05) is 51.0 Å². The number of carboxylic acids is 2. The molecule has 0 aromatic rings. The van der Waals surface area contributed by atoms with Crippen molar-refractivity contribution >= 4 is 23.8 Å². The van der Waals surface area contributed by atoms with Crippen LogP contribution in [0.3, 0.4) is 0 Å². The summed E-state index contributed by atoms with van der Waals surface area (Å²) in [7, 11) is 0. The molecule has 11 nitrogen and oxygen atoms in total. The van der Waals surface area contributed by atoms with E-state index in [9.17, 15) is 29.4 Å². The number of nitrogens with one attached hydrogen (secondary N) is 2. The van der Waals surface area contributed by atoms with Crippen molar-refractivity contribution < 1.29 is 43.6 Å². The van der Waals surface area contributed by atoms with Gasteiger partial charge in [-0.15, -0.1) is 0 Å². The zero-order valence-electron chi connectivity index (χ0n) is 26.1. The molecule has 5 atom stereocenters. The quantitative estimate of drug-likeness (QED) is 0.0848. The molecule has 4 N–H and O–H groups in total. The fourth-order valence-electron chi connectivity index (χ4n) is 3.86. The number of amides is 2. The third-order valence-electron chi connectivity index (χ3n) is 6.18. The van der Waals surface area contributed by atoms with E-state index < -0.39 is 23.8 Å². The fraction of sp³-hybridized carbons (Fsp3) is 0.742. The van der Waals surface area contributed by atoms with Crippen LogP contribution in [0.25, 0.3) is 0 Å². The number of carboxylic acid groups (broad SMARTS) is 2. The molecule has 0 aliphatic carbocycles. The molecule has 0 aliphatic rings. The van der Waals surface area contributed by atoms with E-state index in [2.05, 4.69) is 10.6 Å². The molecule has 0 aromatic heterocycles. The summed E-state index contributed by atoms with van der Waals surface area (Å²) in [5, 5.41) is 24.3. The molecule has 0 rings (SSSR count). The van der Waals surface area contributed by atoms with Gasteiger partial charge in [0.2, 0.25) is 11.8 Å². The Morgan fingerprint density at radius 2 is 1.12 bits per heavy atom. The minimum absolute atomic E-state index is 0.0847. The Morgan fingerprint density at radius 3 is 1.55 bits per heavy atom. The van der Waals surface area contributed by atoms with Crippen molar-refractivity contribution in [2.75, 3.05) is 33.0 Å². The van der Waals surface area contributed by atoms with Crippen LogP contribution in [0.1, 0.15) is 86.0 Å². The average Bonchev–Trinajstić information content (AvgIpc) is 2.91. The van der Waals surface area contributed by atoms with Crippen molar-refractivity contribution in [2.45, 2.75) is 104 Å². The molecule has 0 aromatic carbocycles. The highest BCUT2D eigenvalue weighted by Crippen LogP contribution is 2.12. The predicted molar refractivity (Wildman–Crippen MR) is 161 cm³/mol. The van der Waals surface area contributed by atoms with E-state index in [0.717, 1.165) is 25.7 Å². The molecular weight excluding hydrogens is 544 g/mol. The minimum Gasteiger partial charge on any atom is -0.481 e. The molecule has 0 heterocycles. The second kappa shape index (κ2) is 24.8. The minimum atomic E-state index is -0.986. The van der Waals surface area contributed by atoms with E-state index in [1.807, 2.05) is 45.1 Å². The Hall–Kier alpha value is -2.76. The van der Waals surface area contributed by atoms with Crippen LogP contribution in [0.4, 0.5) is 0 Å². The average molecular weight is 599 g/mol. The van der Waals surface area contributed by atoms with Crippen LogP contribution in [-0.4, -0.2) is 85.2 Å². The first-order chi connectivity index (χ1) is 20.0. The van der Waals surface area contributed by atoms with Crippen LogP contribution in [-0.2, 0) is 33.4 Å². The Bertz CT molecular complexity index is 831. The van der Waals surface area contributed by atoms with Crippen LogP contribution in [0.2, 0.25) is 0 Å². The number of hydrogen-bond acceptors (Lipinski definition) is 7. The molecular formula is C31H54N2O9. The van der Waals surface area contributed by atoms with Crippen molar-refractivity contribution in [3.05, 3.63) is 24.3 Å². The normalized spacial score (nSPS) is 15.3. The second-order valence-corrected chi connectivity index (χ2v) is 10.7. The molecule has 42 heavy (non-hydrogen) atoms. The molecule has 0 saturated carbocycles. The molecule has 0 radical (unpaired) electrons. The molecule has 0 aliphatic heterocycles. The molecule has 0 fully saturated rings.